The van der Waals surface area contributed by atoms with Crippen LogP contribution in [-0.4, -0.2) is 40.5 Å². The molecule has 5 aliphatic rings. The van der Waals surface area contributed by atoms with Crippen LogP contribution in [0.4, 0.5) is 22.7 Å². The van der Waals surface area contributed by atoms with Gasteiger partial charge in [0, 0.05) is 11.8 Å². The van der Waals surface area contributed by atoms with Gasteiger partial charge in [0.1, 0.15) is 0 Å². The molecule has 2 unspecified atom stereocenters. The fourth-order valence-electron chi connectivity index (χ4n) is 7.78. The molecule has 0 spiro atoms. The van der Waals surface area contributed by atoms with Crippen LogP contribution in [0.1, 0.15) is 0 Å². The summed E-state index contributed by atoms with van der Waals surface area (Å²) in [5.74, 6) is -7.31. The molecule has 9 rings (SSSR count). The van der Waals surface area contributed by atoms with Crippen LogP contribution >= 0.6 is 23.2 Å². The summed E-state index contributed by atoms with van der Waals surface area (Å²) in [6.07, 6.45) is 3.45. The molecule has 2 saturated heterocycles. The van der Waals surface area contributed by atoms with Gasteiger partial charge in [-0.25, -0.2) is 16.8 Å². The lowest BCUT2D eigenvalue weighted by Crippen LogP contribution is -2.50. The van der Waals surface area contributed by atoms with E-state index in [4.69, 9.17) is 23.2 Å². The van der Waals surface area contributed by atoms with E-state index < -0.39 is 79.2 Å². The highest BCUT2D eigenvalue weighted by molar-refractivity contribution is 7.93. The highest BCUT2D eigenvalue weighted by Gasteiger charge is 2.68. The molecule has 52 heavy (non-hydrogen) atoms. The van der Waals surface area contributed by atoms with Crippen LogP contribution in [0.2, 0.25) is 10.0 Å². The van der Waals surface area contributed by atoms with Gasteiger partial charge in [0.05, 0.1) is 66.3 Å². The fourth-order valence-corrected chi connectivity index (χ4v) is 10.4. The first-order valence-corrected chi connectivity index (χ1v) is 19.7. The zero-order valence-corrected chi connectivity index (χ0v) is 29.7. The molecule has 3 aliphatic carbocycles. The highest BCUT2D eigenvalue weighted by Crippen LogP contribution is 2.58. The first-order chi connectivity index (χ1) is 24.8. The monoisotopic (exact) mass is 776 g/mol. The maximum atomic E-state index is 14.0. The topological polar surface area (TPSA) is 167 Å². The minimum Gasteiger partial charge on any atom is -0.278 e. The number of halogens is 2. The number of sulfonamides is 2. The van der Waals surface area contributed by atoms with E-state index in [0.29, 0.717) is 0 Å². The summed E-state index contributed by atoms with van der Waals surface area (Å²) in [5, 5.41) is 0.413. The first kappa shape index (κ1) is 34.1. The van der Waals surface area contributed by atoms with E-state index in [1.165, 1.54) is 72.8 Å². The third kappa shape index (κ3) is 5.31. The van der Waals surface area contributed by atoms with Crippen molar-refractivity contribution >= 4 is 89.6 Å². The second-order valence-electron chi connectivity index (χ2n) is 12.8. The molecular formula is C36H26Cl2N4O8S2. The van der Waals surface area contributed by atoms with Gasteiger partial charge in [0.15, 0.2) is 0 Å². The van der Waals surface area contributed by atoms with E-state index in [0.717, 1.165) is 9.80 Å². The SMILES string of the molecule is O=C1[C@@H]2C3C=CC([C@@H]2C(=O)N1c1ccc(S(=O)(=O)Nc2ccccc2Cl)cc1)[C@@H]1C(=O)N(c2ccc(S(=O)(=O)Nc4ccccc4Cl)cc2)C(=O)[C@@H]31. The van der Waals surface area contributed by atoms with E-state index in [1.54, 1.807) is 36.4 Å². The maximum Gasteiger partial charge on any atom is 0.261 e. The number of nitrogens with zero attached hydrogens (tertiary/aromatic N) is 2. The Morgan fingerprint density at radius 1 is 0.462 bits per heavy atom. The number of nitrogens with one attached hydrogen (secondary N) is 2. The average Bonchev–Trinajstić information content (AvgIpc) is 3.57. The Bertz CT molecular complexity index is 2240. The molecule has 3 fully saturated rings. The lowest BCUT2D eigenvalue weighted by atomic mass is 9.54. The maximum absolute atomic E-state index is 14.0. The van der Waals surface area contributed by atoms with Crippen molar-refractivity contribution in [3.63, 3.8) is 0 Å². The average molecular weight is 778 g/mol. The Labute approximate surface area is 308 Å². The van der Waals surface area contributed by atoms with Crippen molar-refractivity contribution in [3.05, 3.63) is 119 Å². The van der Waals surface area contributed by atoms with Crippen molar-refractivity contribution in [2.75, 3.05) is 19.2 Å². The smallest absolute Gasteiger partial charge is 0.261 e. The van der Waals surface area contributed by atoms with Crippen molar-refractivity contribution in [1.82, 2.24) is 0 Å². The second-order valence-corrected chi connectivity index (χ2v) is 17.0. The molecule has 264 valence electrons. The Kier molecular flexibility index (Phi) is 8.06. The predicted octanol–water partition coefficient (Wildman–Crippen LogP) is 5.32. The third-order valence-corrected chi connectivity index (χ3v) is 13.5. The molecule has 16 heteroatoms. The molecule has 2 aliphatic heterocycles. The number of para-hydroxylation sites is 2. The van der Waals surface area contributed by atoms with Gasteiger partial charge in [-0.15, -0.1) is 0 Å². The van der Waals surface area contributed by atoms with E-state index in [9.17, 15) is 36.0 Å². The van der Waals surface area contributed by atoms with Gasteiger partial charge in [-0.1, -0.05) is 59.6 Å². The van der Waals surface area contributed by atoms with Crippen LogP contribution in [-0.2, 0) is 39.2 Å². The van der Waals surface area contributed by atoms with Gasteiger partial charge < -0.3 is 0 Å². The number of rotatable bonds is 8. The Morgan fingerprint density at radius 2 is 0.769 bits per heavy atom. The van der Waals surface area contributed by atoms with Gasteiger partial charge in [-0.2, -0.15) is 0 Å². The fraction of sp³-hybridized carbons (Fsp3) is 0.167. The molecule has 2 bridgehead atoms. The van der Waals surface area contributed by atoms with Crippen molar-refractivity contribution in [3.8, 4) is 0 Å². The largest absolute Gasteiger partial charge is 0.278 e. The summed E-state index contributed by atoms with van der Waals surface area (Å²) >= 11 is 12.2. The Balaban J connectivity index is 1.02. The van der Waals surface area contributed by atoms with E-state index in [1.807, 2.05) is 0 Å². The Morgan fingerprint density at radius 3 is 1.08 bits per heavy atom. The molecule has 4 amide bonds. The quantitative estimate of drug-likeness (QED) is 0.179. The van der Waals surface area contributed by atoms with Gasteiger partial charge in [0.25, 0.3) is 20.0 Å². The van der Waals surface area contributed by atoms with E-state index in [2.05, 4.69) is 9.44 Å². The number of imide groups is 2. The molecular weight excluding hydrogens is 751 g/mol. The molecule has 2 heterocycles. The summed E-state index contributed by atoms with van der Waals surface area (Å²) in [6, 6.07) is 23.2. The molecule has 1 saturated carbocycles. The minimum absolute atomic E-state index is 0.122. The first-order valence-electron chi connectivity index (χ1n) is 16.0. The summed E-state index contributed by atoms with van der Waals surface area (Å²) in [6.45, 7) is 0. The number of carbonyl (C=O) groups is 4. The van der Waals surface area contributed by atoms with Gasteiger partial charge >= 0.3 is 0 Å². The summed E-state index contributed by atoms with van der Waals surface area (Å²) in [5.41, 5.74) is 0.684. The number of hydrogen-bond acceptors (Lipinski definition) is 8. The minimum atomic E-state index is -4.06. The van der Waals surface area contributed by atoms with Crippen molar-refractivity contribution in [2.45, 2.75) is 9.79 Å². The van der Waals surface area contributed by atoms with E-state index in [-0.39, 0.29) is 42.6 Å². The summed E-state index contributed by atoms with van der Waals surface area (Å²) < 4.78 is 57.0. The summed E-state index contributed by atoms with van der Waals surface area (Å²) in [7, 11) is -8.11. The molecule has 0 aromatic heterocycles. The Hall–Kier alpha value is -5.02. The van der Waals surface area contributed by atoms with Crippen LogP contribution in [0.25, 0.3) is 0 Å². The highest BCUT2D eigenvalue weighted by atomic mass is 35.5. The number of amides is 4. The van der Waals surface area contributed by atoms with Crippen LogP contribution in [0.15, 0.2) is 119 Å². The number of carbonyl (C=O) groups excluding carboxylic acids is 4. The molecule has 2 N–H and O–H groups in total. The van der Waals surface area contributed by atoms with Crippen molar-refractivity contribution < 1.29 is 36.0 Å². The lowest BCUT2D eigenvalue weighted by molar-refractivity contribution is -0.137. The predicted molar refractivity (Wildman–Crippen MR) is 192 cm³/mol. The normalized spacial score (nSPS) is 25.0. The van der Waals surface area contributed by atoms with Crippen molar-refractivity contribution in [1.29, 1.82) is 0 Å². The number of hydrogen-bond donors (Lipinski definition) is 2. The molecule has 4 aromatic rings. The number of anilines is 4. The third-order valence-electron chi connectivity index (χ3n) is 10.1. The van der Waals surface area contributed by atoms with Crippen LogP contribution in [0, 0.1) is 35.5 Å². The molecule has 4 aromatic carbocycles. The standard InChI is InChI=1S/C36H26Cl2N4O8S2/c37-25-5-1-3-7-27(25)39-51(47,48)21-13-9-19(10-14-21)41-33(43)29-23-17-18-24(30(29)34(41)44)32-31(23)35(45)42(36(32)46)20-11-15-22(16-12-20)52(49,50)40-28-8-4-2-6-26(28)38/h1-18,23-24,29-32,39-40H/t23?,24?,29-,30-,31-,32+/m0/s1. The molecule has 12 nitrogen and oxygen atoms in total. The van der Waals surface area contributed by atoms with Crippen LogP contribution < -0.4 is 19.2 Å². The van der Waals surface area contributed by atoms with E-state index >= 15 is 0 Å². The lowest BCUT2D eigenvalue weighted by Gasteiger charge is -2.44. The van der Waals surface area contributed by atoms with Crippen molar-refractivity contribution in [2.24, 2.45) is 35.5 Å². The van der Waals surface area contributed by atoms with Gasteiger partial charge in [0.2, 0.25) is 23.6 Å². The van der Waals surface area contributed by atoms with Crippen LogP contribution in [0.5, 0.6) is 0 Å². The molecule has 0 radical (unpaired) electrons. The number of benzene rings is 4. The van der Waals surface area contributed by atoms with Crippen LogP contribution in [0.3, 0.4) is 0 Å². The zero-order chi connectivity index (χ0) is 36.7. The number of allylic oxidation sites excluding steroid dienone is 2. The second kappa shape index (κ2) is 12.3. The zero-order valence-electron chi connectivity index (χ0n) is 26.6. The summed E-state index contributed by atoms with van der Waals surface area (Å²) in [4.78, 5) is 57.6. The van der Waals surface area contributed by atoms with Gasteiger partial charge in [-0.3, -0.25) is 38.4 Å². The molecule has 6 atom stereocenters. The van der Waals surface area contributed by atoms with Gasteiger partial charge in [-0.05, 0) is 72.8 Å².